The highest BCUT2D eigenvalue weighted by Crippen LogP contribution is 2.35. The van der Waals surface area contributed by atoms with E-state index >= 15 is 0 Å². The van der Waals surface area contributed by atoms with E-state index in [1.54, 1.807) is 17.0 Å². The molecule has 0 bridgehead atoms. The number of aryl methyl sites for hydroxylation is 2. The molecule has 2 unspecified atom stereocenters. The minimum Gasteiger partial charge on any atom is -0.340 e. The molecule has 1 amide bonds. The van der Waals surface area contributed by atoms with Gasteiger partial charge in [0, 0.05) is 38.0 Å². The monoisotopic (exact) mass is 441 g/mol. The van der Waals surface area contributed by atoms with Crippen molar-refractivity contribution in [3.63, 3.8) is 0 Å². The largest absolute Gasteiger partial charge is 0.340 e. The highest BCUT2D eigenvalue weighted by Gasteiger charge is 2.43. The summed E-state index contributed by atoms with van der Waals surface area (Å²) in [6.07, 6.45) is 2.99. The van der Waals surface area contributed by atoms with E-state index in [-0.39, 0.29) is 23.3 Å². The number of halogens is 2. The van der Waals surface area contributed by atoms with Crippen molar-refractivity contribution in [1.29, 1.82) is 0 Å². The van der Waals surface area contributed by atoms with Crippen LogP contribution < -0.4 is 4.90 Å². The second-order valence-electron chi connectivity index (χ2n) is 8.10. The summed E-state index contributed by atoms with van der Waals surface area (Å²) in [5.74, 6) is 0.330. The Balaban J connectivity index is 1.34. The average molecular weight is 442 g/mol. The lowest BCUT2D eigenvalue weighted by Crippen LogP contribution is -2.35. The summed E-state index contributed by atoms with van der Waals surface area (Å²) in [5, 5.41) is 8.70. The second kappa shape index (κ2) is 7.56. The molecule has 160 valence electrons. The molecule has 3 aromatic rings. The summed E-state index contributed by atoms with van der Waals surface area (Å²) in [7, 11) is 0. The molecule has 2 fully saturated rings. The van der Waals surface area contributed by atoms with Crippen LogP contribution in [-0.4, -0.2) is 61.9 Å². The van der Waals surface area contributed by atoms with Crippen molar-refractivity contribution in [3.05, 3.63) is 58.4 Å². The summed E-state index contributed by atoms with van der Waals surface area (Å²) >= 11 is 6.20. The van der Waals surface area contributed by atoms with Crippen molar-refractivity contribution in [2.75, 3.05) is 31.1 Å². The van der Waals surface area contributed by atoms with Gasteiger partial charge in [-0.25, -0.2) is 14.4 Å². The van der Waals surface area contributed by atoms with Crippen LogP contribution in [0.15, 0.2) is 30.6 Å². The van der Waals surface area contributed by atoms with Gasteiger partial charge in [-0.3, -0.25) is 4.79 Å². The molecule has 2 aliphatic rings. The van der Waals surface area contributed by atoms with Gasteiger partial charge in [0.2, 0.25) is 5.95 Å². The van der Waals surface area contributed by atoms with Gasteiger partial charge < -0.3 is 9.80 Å². The Bertz CT molecular complexity index is 1120. The smallest absolute Gasteiger partial charge is 0.259 e. The fourth-order valence-electron chi connectivity index (χ4n) is 4.54. The first-order valence-corrected chi connectivity index (χ1v) is 10.5. The molecular formula is C21H21ClFN7O. The SMILES string of the molecule is Cc1nc(N2CC3CN(C(=O)c4c(F)cccc4-n4nccn4)CC3C2)nc(C)c1Cl. The third-order valence-electron chi connectivity index (χ3n) is 6.07. The summed E-state index contributed by atoms with van der Waals surface area (Å²) < 4.78 is 14.7. The highest BCUT2D eigenvalue weighted by atomic mass is 35.5. The first-order chi connectivity index (χ1) is 14.9. The standard InChI is InChI=1S/C21H21ClFN7O/c1-12-19(22)13(2)27-21(26-12)29-10-14-8-28(9-15(14)11-29)20(31)18-16(23)4-3-5-17(18)30-24-6-7-25-30/h3-7,14-15H,8-11H2,1-2H3. The molecule has 1 aromatic carbocycles. The van der Waals surface area contributed by atoms with Crippen molar-refractivity contribution < 1.29 is 9.18 Å². The molecule has 0 radical (unpaired) electrons. The van der Waals surface area contributed by atoms with Gasteiger partial charge in [-0.2, -0.15) is 15.0 Å². The Morgan fingerprint density at radius 2 is 1.65 bits per heavy atom. The number of carbonyl (C=O) groups is 1. The van der Waals surface area contributed by atoms with Gasteiger partial charge in [0.15, 0.2) is 0 Å². The minimum absolute atomic E-state index is 0.00261. The highest BCUT2D eigenvalue weighted by molar-refractivity contribution is 6.31. The van der Waals surface area contributed by atoms with Crippen LogP contribution in [0.2, 0.25) is 5.02 Å². The number of benzene rings is 1. The maximum Gasteiger partial charge on any atom is 0.259 e. The third-order valence-corrected chi connectivity index (χ3v) is 6.61. The zero-order valence-electron chi connectivity index (χ0n) is 17.2. The van der Waals surface area contributed by atoms with Crippen molar-refractivity contribution in [2.45, 2.75) is 13.8 Å². The van der Waals surface area contributed by atoms with Gasteiger partial charge in [0.05, 0.1) is 28.8 Å². The van der Waals surface area contributed by atoms with Gasteiger partial charge in [-0.05, 0) is 26.0 Å². The summed E-state index contributed by atoms with van der Waals surface area (Å²) in [5.41, 5.74) is 1.87. The topological polar surface area (TPSA) is 80.0 Å². The molecule has 0 N–H and O–H groups in total. The first kappa shape index (κ1) is 19.9. The summed E-state index contributed by atoms with van der Waals surface area (Å²) in [6.45, 7) is 6.37. The molecule has 4 heterocycles. The molecule has 5 rings (SSSR count). The van der Waals surface area contributed by atoms with E-state index in [9.17, 15) is 9.18 Å². The van der Waals surface area contributed by atoms with Crippen LogP contribution in [0.25, 0.3) is 5.69 Å². The van der Waals surface area contributed by atoms with Crippen LogP contribution in [0.1, 0.15) is 21.7 Å². The number of nitrogens with zero attached hydrogens (tertiary/aromatic N) is 7. The van der Waals surface area contributed by atoms with Crippen molar-refractivity contribution in [1.82, 2.24) is 29.9 Å². The maximum absolute atomic E-state index is 14.7. The Hall–Kier alpha value is -3.07. The minimum atomic E-state index is -0.570. The fourth-order valence-corrected chi connectivity index (χ4v) is 4.62. The van der Waals surface area contributed by atoms with Crippen LogP contribution >= 0.6 is 11.6 Å². The number of aromatic nitrogens is 5. The quantitative estimate of drug-likeness (QED) is 0.621. The Labute approximate surface area is 183 Å². The van der Waals surface area contributed by atoms with E-state index in [4.69, 9.17) is 11.6 Å². The van der Waals surface area contributed by atoms with Crippen LogP contribution in [0.3, 0.4) is 0 Å². The molecular weight excluding hydrogens is 421 g/mol. The van der Waals surface area contributed by atoms with E-state index in [2.05, 4.69) is 25.1 Å². The lowest BCUT2D eigenvalue weighted by atomic mass is 10.0. The van der Waals surface area contributed by atoms with E-state index in [1.165, 1.54) is 23.3 Å². The molecule has 31 heavy (non-hydrogen) atoms. The van der Waals surface area contributed by atoms with Crippen LogP contribution in [0, 0.1) is 31.5 Å². The number of fused-ring (bicyclic) bond motifs is 1. The molecule has 8 nitrogen and oxygen atoms in total. The normalized spacial score (nSPS) is 20.4. The van der Waals surface area contributed by atoms with E-state index in [1.807, 2.05) is 13.8 Å². The first-order valence-electron chi connectivity index (χ1n) is 10.1. The lowest BCUT2D eigenvalue weighted by molar-refractivity contribution is 0.0777. The van der Waals surface area contributed by atoms with E-state index in [0.29, 0.717) is 29.7 Å². The van der Waals surface area contributed by atoms with E-state index in [0.717, 1.165) is 24.5 Å². The maximum atomic E-state index is 14.7. The van der Waals surface area contributed by atoms with Gasteiger partial charge in [-0.1, -0.05) is 17.7 Å². The molecule has 2 saturated heterocycles. The molecule has 10 heteroatoms. The zero-order valence-corrected chi connectivity index (χ0v) is 17.9. The number of hydrogen-bond donors (Lipinski definition) is 0. The van der Waals surface area contributed by atoms with Crippen LogP contribution in [0.4, 0.5) is 10.3 Å². The second-order valence-corrected chi connectivity index (χ2v) is 8.47. The predicted molar refractivity (Wildman–Crippen MR) is 113 cm³/mol. The predicted octanol–water partition coefficient (Wildman–Crippen LogP) is 2.68. The number of rotatable bonds is 3. The fraction of sp³-hybridized carbons (Fsp3) is 0.381. The van der Waals surface area contributed by atoms with Gasteiger partial charge in [-0.15, -0.1) is 0 Å². The number of anilines is 1. The number of carbonyl (C=O) groups excluding carboxylic acids is 1. The van der Waals surface area contributed by atoms with Crippen LogP contribution in [-0.2, 0) is 0 Å². The number of amides is 1. The summed E-state index contributed by atoms with van der Waals surface area (Å²) in [4.78, 5) is 27.5. The van der Waals surface area contributed by atoms with Gasteiger partial charge >= 0.3 is 0 Å². The van der Waals surface area contributed by atoms with Crippen molar-refractivity contribution in [3.8, 4) is 5.69 Å². The van der Waals surface area contributed by atoms with E-state index < -0.39 is 5.82 Å². The lowest BCUT2D eigenvalue weighted by Gasteiger charge is -2.23. The van der Waals surface area contributed by atoms with Crippen LogP contribution in [0.5, 0.6) is 0 Å². The molecule has 2 atom stereocenters. The average Bonchev–Trinajstić information content (AvgIpc) is 3.47. The van der Waals surface area contributed by atoms with Crippen molar-refractivity contribution >= 4 is 23.5 Å². The molecule has 0 spiro atoms. The Kier molecular flexibility index (Phi) is 4.85. The van der Waals surface area contributed by atoms with Gasteiger partial charge in [0.25, 0.3) is 5.91 Å². The Morgan fingerprint density at radius 1 is 1.03 bits per heavy atom. The molecule has 2 aromatic heterocycles. The van der Waals surface area contributed by atoms with Crippen molar-refractivity contribution in [2.24, 2.45) is 11.8 Å². The third kappa shape index (κ3) is 3.42. The number of hydrogen-bond acceptors (Lipinski definition) is 6. The summed E-state index contributed by atoms with van der Waals surface area (Å²) in [6, 6.07) is 4.50. The van der Waals surface area contributed by atoms with Gasteiger partial charge in [0.1, 0.15) is 17.1 Å². The molecule has 0 saturated carbocycles. The molecule has 2 aliphatic heterocycles. The zero-order chi connectivity index (χ0) is 21.7. The number of likely N-dealkylation sites (tertiary alicyclic amines) is 1. The Morgan fingerprint density at radius 3 is 2.26 bits per heavy atom. The molecule has 0 aliphatic carbocycles.